The van der Waals surface area contributed by atoms with Crippen molar-refractivity contribution in [1.82, 2.24) is 37.4 Å². The molecule has 22 aromatic rings. The maximum Gasteiger partial charge on any atom is 0.145 e. The summed E-state index contributed by atoms with van der Waals surface area (Å²) in [5, 5.41) is 9.87. The molecular weight excluding hydrogens is 1290 g/mol. The monoisotopic (exact) mass is 1350 g/mol. The van der Waals surface area contributed by atoms with Crippen LogP contribution in [0.15, 0.2) is 388 Å². The van der Waals surface area contributed by atoms with Crippen LogP contribution in [0.2, 0.25) is 0 Å². The van der Waals surface area contributed by atoms with Crippen molar-refractivity contribution in [3.8, 4) is 79.2 Å². The van der Waals surface area contributed by atoms with Crippen LogP contribution in [-0.2, 0) is 0 Å². The first kappa shape index (κ1) is 60.4. The largest absolute Gasteiger partial charge is 0.309 e. The third-order valence-corrected chi connectivity index (χ3v) is 21.2. The number of fused-ring (bicyclic) bond motifs is 14. The minimum absolute atomic E-state index is 0.905. The third-order valence-electron chi connectivity index (χ3n) is 21.2. The fourth-order valence-electron chi connectivity index (χ4n) is 16.6. The molecule has 0 spiro atoms. The molecule has 0 N–H and O–H groups in total. The summed E-state index contributed by atoms with van der Waals surface area (Å²) in [6, 6.07) is 139. The van der Waals surface area contributed by atoms with E-state index in [1.807, 2.05) is 0 Å². The van der Waals surface area contributed by atoms with Crippen molar-refractivity contribution >= 4 is 109 Å². The van der Waals surface area contributed by atoms with Gasteiger partial charge in [-0.15, -0.1) is 0 Å². The molecule has 0 saturated heterocycles. The molecule has 22 rings (SSSR count). The lowest BCUT2D eigenvalue weighted by Crippen LogP contribution is -2.02. The fraction of sp³-hybridized carbons (Fsp3) is 0. The smallest absolute Gasteiger partial charge is 0.145 e. The van der Waals surface area contributed by atoms with Crippen LogP contribution in [0.1, 0.15) is 0 Å². The predicted molar refractivity (Wildman–Crippen MR) is 441 cm³/mol. The molecular formula is C98H64N8. The molecule has 8 nitrogen and oxygen atoms in total. The molecule has 496 valence electrons. The molecule has 0 atom stereocenters. The molecule has 0 fully saturated rings. The summed E-state index contributed by atoms with van der Waals surface area (Å²) in [7, 11) is 0. The summed E-state index contributed by atoms with van der Waals surface area (Å²) < 4.78 is 14.1. The van der Waals surface area contributed by atoms with Gasteiger partial charge < -0.3 is 18.3 Å². The van der Waals surface area contributed by atoms with Crippen LogP contribution in [0.5, 0.6) is 0 Å². The molecule has 6 aromatic heterocycles. The molecule has 16 aromatic carbocycles. The van der Waals surface area contributed by atoms with Crippen molar-refractivity contribution in [2.45, 2.75) is 0 Å². The summed E-state index contributed by atoms with van der Waals surface area (Å²) in [5.41, 5.74) is 26.8. The van der Waals surface area contributed by atoms with Crippen LogP contribution in [0.3, 0.4) is 0 Å². The number of nitrogens with zero attached hydrogens (tertiary/aromatic N) is 8. The Balaban J connectivity index is 0.000000140. The number of hydrogen-bond donors (Lipinski definition) is 0. The highest BCUT2D eigenvalue weighted by Crippen LogP contribution is 2.44. The quantitative estimate of drug-likeness (QED) is 0.137. The van der Waals surface area contributed by atoms with Crippen molar-refractivity contribution in [1.29, 1.82) is 0 Å². The average Bonchev–Trinajstić information content (AvgIpc) is 1.58. The lowest BCUT2D eigenvalue weighted by Gasteiger charge is -2.16. The Morgan fingerprint density at radius 2 is 0.387 bits per heavy atom. The highest BCUT2D eigenvalue weighted by atomic mass is 15.1. The van der Waals surface area contributed by atoms with Gasteiger partial charge in [0, 0.05) is 88.3 Å². The predicted octanol–water partition coefficient (Wildman–Crippen LogP) is 25.1. The maximum absolute atomic E-state index is 5.34. The zero-order chi connectivity index (χ0) is 69.8. The maximum atomic E-state index is 5.34. The molecule has 0 saturated carbocycles. The van der Waals surface area contributed by atoms with E-state index >= 15 is 0 Å². The van der Waals surface area contributed by atoms with Crippen molar-refractivity contribution < 1.29 is 0 Å². The van der Waals surface area contributed by atoms with Crippen LogP contribution in [0, 0.1) is 0 Å². The topological polar surface area (TPSA) is 55.4 Å². The molecule has 106 heavy (non-hydrogen) atoms. The van der Waals surface area contributed by atoms with Gasteiger partial charge in [0.05, 0.1) is 66.2 Å². The van der Waals surface area contributed by atoms with Gasteiger partial charge in [0.15, 0.2) is 0 Å². The Morgan fingerprint density at radius 1 is 0.142 bits per heavy atom. The average molecular weight is 1350 g/mol. The third kappa shape index (κ3) is 9.84. The summed E-state index contributed by atoms with van der Waals surface area (Å²) in [5.74, 6) is 1.81. The van der Waals surface area contributed by atoms with E-state index in [-0.39, 0.29) is 0 Å². The minimum atomic E-state index is 0.905. The van der Waals surface area contributed by atoms with Crippen LogP contribution >= 0.6 is 0 Å². The summed E-state index contributed by atoms with van der Waals surface area (Å²) in [6.07, 6.45) is 0. The second kappa shape index (κ2) is 24.7. The number of rotatable bonds is 10. The van der Waals surface area contributed by atoms with E-state index in [9.17, 15) is 0 Å². The van der Waals surface area contributed by atoms with E-state index < -0.39 is 0 Å². The lowest BCUT2D eigenvalue weighted by molar-refractivity contribution is 1.09. The van der Waals surface area contributed by atoms with Gasteiger partial charge >= 0.3 is 0 Å². The Labute approximate surface area is 610 Å². The standard InChI is InChI=1S/C55H36N4.C43H28N4/c1-4-16-42(17-5-1)57-50-25-13-10-22-45(50)47-35-37(28-30-52(47)57)39-32-40(34-41(33-39)55-56-49-24-12-15-27-54(49)59(55)44-20-8-3-9-21-44)38-29-31-53-48(36-38)46-23-11-14-26-51(46)58(53)43-18-6-2-7-19-43;1-2-14-30(15-3-1)47-42-25-13-8-20-37(42)44-43(47)29-26-31(45-38-21-9-4-16-33(38)34-17-5-10-22-39(34)45)28-32(27-29)46-40-23-11-6-18-35(40)36-19-7-12-24-41(36)46/h1-36H;1-28H. The van der Waals surface area contributed by atoms with E-state index in [1.165, 1.54) is 87.2 Å². The number of aromatic nitrogens is 8. The second-order valence-corrected chi connectivity index (χ2v) is 27.3. The first-order valence-electron chi connectivity index (χ1n) is 36.1. The van der Waals surface area contributed by atoms with Crippen molar-refractivity contribution in [3.05, 3.63) is 388 Å². The molecule has 0 aliphatic rings. The van der Waals surface area contributed by atoms with E-state index in [4.69, 9.17) is 9.97 Å². The Bertz CT molecular complexity index is 6780. The van der Waals surface area contributed by atoms with Crippen LogP contribution in [0.4, 0.5) is 0 Å². The second-order valence-electron chi connectivity index (χ2n) is 27.3. The van der Waals surface area contributed by atoms with Gasteiger partial charge in [-0.1, -0.05) is 218 Å². The van der Waals surface area contributed by atoms with Crippen LogP contribution < -0.4 is 0 Å². The molecule has 6 heterocycles. The molecule has 0 bridgehead atoms. The molecule has 0 radical (unpaired) electrons. The van der Waals surface area contributed by atoms with Crippen molar-refractivity contribution in [2.24, 2.45) is 0 Å². The zero-order valence-electron chi connectivity index (χ0n) is 57.5. The number of imidazole rings is 2. The van der Waals surface area contributed by atoms with Crippen molar-refractivity contribution in [2.75, 3.05) is 0 Å². The van der Waals surface area contributed by atoms with E-state index in [0.717, 1.165) is 101 Å². The molecule has 0 aliphatic heterocycles. The number of para-hydroxylation sites is 14. The van der Waals surface area contributed by atoms with Gasteiger partial charge in [0.2, 0.25) is 0 Å². The van der Waals surface area contributed by atoms with Gasteiger partial charge in [0.1, 0.15) is 11.6 Å². The Kier molecular flexibility index (Phi) is 14.1. The van der Waals surface area contributed by atoms with E-state index in [1.54, 1.807) is 0 Å². The van der Waals surface area contributed by atoms with E-state index in [2.05, 4.69) is 416 Å². The van der Waals surface area contributed by atoms with E-state index in [0.29, 0.717) is 0 Å². The summed E-state index contributed by atoms with van der Waals surface area (Å²) in [6.45, 7) is 0. The highest BCUT2D eigenvalue weighted by Gasteiger charge is 2.24. The fourth-order valence-corrected chi connectivity index (χ4v) is 16.6. The van der Waals surface area contributed by atoms with Crippen molar-refractivity contribution in [3.63, 3.8) is 0 Å². The van der Waals surface area contributed by atoms with Gasteiger partial charge in [-0.25, -0.2) is 9.97 Å². The number of hydrogen-bond acceptors (Lipinski definition) is 2. The molecule has 0 amide bonds. The molecule has 0 aliphatic carbocycles. The SMILES string of the molecule is c1ccc(-n2c(-c3cc(-c4ccc5c(c4)c4ccccc4n5-c4ccccc4)cc(-c4ccc5c(c4)c4ccccc4n5-c4ccccc4)c3)nc3ccccc32)cc1.c1ccc(-n2c(-c3cc(-n4c5ccccc5c5ccccc54)cc(-n4c5ccccc5c5ccccc54)c3)nc3ccccc32)cc1. The number of benzene rings is 16. The minimum Gasteiger partial charge on any atom is -0.309 e. The van der Waals surface area contributed by atoms with Crippen LogP contribution in [0.25, 0.3) is 188 Å². The highest BCUT2D eigenvalue weighted by molar-refractivity contribution is 6.14. The Morgan fingerprint density at radius 3 is 0.726 bits per heavy atom. The van der Waals surface area contributed by atoms with Gasteiger partial charge in [0.25, 0.3) is 0 Å². The van der Waals surface area contributed by atoms with Gasteiger partial charge in [-0.3, -0.25) is 9.13 Å². The van der Waals surface area contributed by atoms with Gasteiger partial charge in [-0.2, -0.15) is 0 Å². The molecule has 8 heteroatoms. The summed E-state index contributed by atoms with van der Waals surface area (Å²) >= 11 is 0. The van der Waals surface area contributed by atoms with Gasteiger partial charge in [-0.05, 0) is 192 Å². The Hall–Kier alpha value is -14.3. The lowest BCUT2D eigenvalue weighted by atomic mass is 9.94. The molecule has 0 unspecified atom stereocenters. The first-order valence-corrected chi connectivity index (χ1v) is 36.1. The normalized spacial score (nSPS) is 11.8. The first-order chi connectivity index (χ1) is 52.6. The summed E-state index contributed by atoms with van der Waals surface area (Å²) in [4.78, 5) is 10.6. The zero-order valence-corrected chi connectivity index (χ0v) is 57.5. The van der Waals surface area contributed by atoms with Crippen LogP contribution in [-0.4, -0.2) is 37.4 Å².